The van der Waals surface area contributed by atoms with Gasteiger partial charge in [-0.1, -0.05) is 0 Å². The van der Waals surface area contributed by atoms with Crippen LogP contribution in [0.15, 0.2) is 22.8 Å². The van der Waals surface area contributed by atoms with Gasteiger partial charge in [0.15, 0.2) is 0 Å². The first-order valence-corrected chi connectivity index (χ1v) is 6.70. The molecule has 102 valence electrons. The molecular formula is C14H19N3O2. The van der Waals surface area contributed by atoms with E-state index in [0.717, 1.165) is 5.76 Å². The molecule has 1 fully saturated rings. The van der Waals surface area contributed by atoms with Gasteiger partial charge in [0.2, 0.25) is 5.91 Å². The number of amides is 1. The zero-order chi connectivity index (χ0) is 13.5. The van der Waals surface area contributed by atoms with Gasteiger partial charge in [0.25, 0.3) is 0 Å². The molecule has 0 unspecified atom stereocenters. The third-order valence-corrected chi connectivity index (χ3v) is 3.12. The number of carbonyl (C=O) groups excluding carboxylic acids is 1. The maximum absolute atomic E-state index is 12.1. The first-order valence-electron chi connectivity index (χ1n) is 6.70. The predicted octanol–water partition coefficient (Wildman–Crippen LogP) is 1.66. The molecule has 0 atom stereocenters. The summed E-state index contributed by atoms with van der Waals surface area (Å²) in [6.45, 7) is 1.61. The summed E-state index contributed by atoms with van der Waals surface area (Å²) < 4.78 is 5.25. The Hall–Kier alpha value is -1.80. The number of hydrogen-bond donors (Lipinski definition) is 1. The van der Waals surface area contributed by atoms with Crippen molar-refractivity contribution >= 4 is 5.91 Å². The van der Waals surface area contributed by atoms with Crippen molar-refractivity contribution in [2.75, 3.05) is 13.1 Å². The molecule has 1 saturated carbocycles. The molecule has 0 spiro atoms. The first-order chi connectivity index (χ1) is 9.29. The van der Waals surface area contributed by atoms with E-state index in [0.29, 0.717) is 38.5 Å². The summed E-state index contributed by atoms with van der Waals surface area (Å²) in [6.07, 6.45) is 4.86. The SMILES string of the molecule is N#CCCN(Cc1ccco1)C(=O)CCNC1CC1. The van der Waals surface area contributed by atoms with Gasteiger partial charge in [-0.2, -0.15) is 5.26 Å². The molecule has 1 amide bonds. The summed E-state index contributed by atoms with van der Waals surface area (Å²) in [4.78, 5) is 13.8. The number of carbonyl (C=O) groups is 1. The van der Waals surface area contributed by atoms with Crippen LogP contribution in [0, 0.1) is 11.3 Å². The van der Waals surface area contributed by atoms with Crippen LogP contribution in [0.2, 0.25) is 0 Å². The second kappa shape index (κ2) is 6.95. The van der Waals surface area contributed by atoms with Gasteiger partial charge in [0, 0.05) is 25.6 Å². The van der Waals surface area contributed by atoms with Crippen molar-refractivity contribution in [2.45, 2.75) is 38.3 Å². The van der Waals surface area contributed by atoms with Crippen LogP contribution in [0.1, 0.15) is 31.4 Å². The Bertz CT molecular complexity index is 432. The number of furan rings is 1. The fraction of sp³-hybridized carbons (Fsp3) is 0.571. The van der Waals surface area contributed by atoms with Gasteiger partial charge >= 0.3 is 0 Å². The van der Waals surface area contributed by atoms with E-state index >= 15 is 0 Å². The average molecular weight is 261 g/mol. The van der Waals surface area contributed by atoms with Gasteiger partial charge in [-0.05, 0) is 25.0 Å². The van der Waals surface area contributed by atoms with E-state index < -0.39 is 0 Å². The highest BCUT2D eigenvalue weighted by Gasteiger charge is 2.21. The van der Waals surface area contributed by atoms with Crippen LogP contribution < -0.4 is 5.32 Å². The molecule has 1 aromatic heterocycles. The van der Waals surface area contributed by atoms with Crippen LogP contribution in [0.25, 0.3) is 0 Å². The zero-order valence-electron chi connectivity index (χ0n) is 11.0. The molecule has 0 saturated heterocycles. The van der Waals surface area contributed by atoms with Crippen LogP contribution in [-0.4, -0.2) is 29.9 Å². The number of nitriles is 1. The molecule has 0 aromatic carbocycles. The first kappa shape index (κ1) is 13.6. The molecule has 0 bridgehead atoms. The lowest BCUT2D eigenvalue weighted by Gasteiger charge is -2.20. The van der Waals surface area contributed by atoms with Crippen LogP contribution in [-0.2, 0) is 11.3 Å². The van der Waals surface area contributed by atoms with Crippen LogP contribution in [0.3, 0.4) is 0 Å². The van der Waals surface area contributed by atoms with Gasteiger partial charge in [-0.3, -0.25) is 4.79 Å². The number of hydrogen-bond acceptors (Lipinski definition) is 4. The fourth-order valence-electron chi connectivity index (χ4n) is 1.90. The molecular weight excluding hydrogens is 242 g/mol. The number of rotatable bonds is 8. The molecule has 5 nitrogen and oxygen atoms in total. The molecule has 1 aliphatic carbocycles. The standard InChI is InChI=1S/C14H19N3O2/c15-7-2-9-17(11-13-3-1-10-19-13)14(18)6-8-16-12-4-5-12/h1,3,10,12,16H,2,4-6,8-9,11H2. The molecule has 0 aliphatic heterocycles. The average Bonchev–Trinajstić information content (AvgIpc) is 3.09. The van der Waals surface area contributed by atoms with E-state index in [1.807, 2.05) is 6.07 Å². The number of nitrogens with one attached hydrogen (secondary N) is 1. The third kappa shape index (κ3) is 4.76. The summed E-state index contributed by atoms with van der Waals surface area (Å²) in [5.74, 6) is 0.821. The van der Waals surface area contributed by atoms with Gasteiger partial charge < -0.3 is 14.6 Å². The minimum Gasteiger partial charge on any atom is -0.467 e. The predicted molar refractivity (Wildman–Crippen MR) is 70.0 cm³/mol. The Morgan fingerprint density at radius 1 is 1.58 bits per heavy atom. The zero-order valence-corrected chi connectivity index (χ0v) is 11.0. The molecule has 1 heterocycles. The number of nitrogens with zero attached hydrogens (tertiary/aromatic N) is 2. The Labute approximate surface area is 113 Å². The minimum atomic E-state index is 0.0693. The lowest BCUT2D eigenvalue weighted by molar-refractivity contribution is -0.131. The van der Waals surface area contributed by atoms with E-state index in [2.05, 4.69) is 11.4 Å². The van der Waals surface area contributed by atoms with E-state index in [-0.39, 0.29) is 5.91 Å². The Balaban J connectivity index is 1.80. The van der Waals surface area contributed by atoms with E-state index in [1.54, 1.807) is 17.2 Å². The van der Waals surface area contributed by atoms with Crippen molar-refractivity contribution in [3.05, 3.63) is 24.2 Å². The van der Waals surface area contributed by atoms with Crippen molar-refractivity contribution in [1.29, 1.82) is 5.26 Å². The highest BCUT2D eigenvalue weighted by molar-refractivity contribution is 5.76. The van der Waals surface area contributed by atoms with Crippen LogP contribution in [0.5, 0.6) is 0 Å². The van der Waals surface area contributed by atoms with E-state index in [9.17, 15) is 4.79 Å². The van der Waals surface area contributed by atoms with E-state index in [4.69, 9.17) is 9.68 Å². The van der Waals surface area contributed by atoms with Crippen LogP contribution >= 0.6 is 0 Å². The Morgan fingerprint density at radius 3 is 3.05 bits per heavy atom. The molecule has 2 rings (SSSR count). The highest BCUT2D eigenvalue weighted by Crippen LogP contribution is 2.18. The maximum atomic E-state index is 12.1. The van der Waals surface area contributed by atoms with Crippen molar-refractivity contribution in [3.8, 4) is 6.07 Å². The van der Waals surface area contributed by atoms with Crippen LogP contribution in [0.4, 0.5) is 0 Å². The summed E-state index contributed by atoms with van der Waals surface area (Å²) in [5.41, 5.74) is 0. The second-order valence-electron chi connectivity index (χ2n) is 4.78. The summed E-state index contributed by atoms with van der Waals surface area (Å²) in [7, 11) is 0. The lowest BCUT2D eigenvalue weighted by atomic mass is 10.3. The Morgan fingerprint density at radius 2 is 2.42 bits per heavy atom. The molecule has 0 radical (unpaired) electrons. The molecule has 1 aromatic rings. The monoisotopic (exact) mass is 261 g/mol. The van der Waals surface area contributed by atoms with Crippen molar-refractivity contribution in [2.24, 2.45) is 0 Å². The minimum absolute atomic E-state index is 0.0693. The molecule has 19 heavy (non-hydrogen) atoms. The largest absolute Gasteiger partial charge is 0.467 e. The summed E-state index contributed by atoms with van der Waals surface area (Å²) in [5, 5.41) is 12.0. The quantitative estimate of drug-likeness (QED) is 0.772. The Kier molecular flexibility index (Phi) is 4.99. The van der Waals surface area contributed by atoms with Gasteiger partial charge in [-0.25, -0.2) is 0 Å². The molecule has 1 aliphatic rings. The summed E-state index contributed by atoms with van der Waals surface area (Å²) >= 11 is 0. The topological polar surface area (TPSA) is 69.3 Å². The van der Waals surface area contributed by atoms with E-state index in [1.165, 1.54) is 12.8 Å². The van der Waals surface area contributed by atoms with Crippen molar-refractivity contribution < 1.29 is 9.21 Å². The maximum Gasteiger partial charge on any atom is 0.224 e. The lowest BCUT2D eigenvalue weighted by Crippen LogP contribution is -2.33. The van der Waals surface area contributed by atoms with Gasteiger partial charge in [-0.15, -0.1) is 0 Å². The third-order valence-electron chi connectivity index (χ3n) is 3.12. The smallest absolute Gasteiger partial charge is 0.224 e. The normalized spacial score (nSPS) is 14.1. The van der Waals surface area contributed by atoms with Gasteiger partial charge in [0.1, 0.15) is 5.76 Å². The fourth-order valence-corrected chi connectivity index (χ4v) is 1.90. The molecule has 1 N–H and O–H groups in total. The highest BCUT2D eigenvalue weighted by atomic mass is 16.3. The second-order valence-corrected chi connectivity index (χ2v) is 4.78. The van der Waals surface area contributed by atoms with Crippen molar-refractivity contribution in [1.82, 2.24) is 10.2 Å². The summed E-state index contributed by atoms with van der Waals surface area (Å²) in [6, 6.07) is 6.34. The molecule has 5 heteroatoms. The van der Waals surface area contributed by atoms with Gasteiger partial charge in [0.05, 0.1) is 25.3 Å². The van der Waals surface area contributed by atoms with Crippen molar-refractivity contribution in [3.63, 3.8) is 0 Å².